The standard InChI is InChI=1S/C32H22Br2Cl2N2O5/c33-24-12-21-22(13-25(24)34)31(41)38(30(21)40)19-10-6-16(7-11-19)27-14-23(20-2-1-3-26(36)29(20)37-27)32(42)43-15-28(39)17-4-8-18(35)9-5-17/h1-11,14,21-22,24-25H,12-13,15H2. The smallest absolute Gasteiger partial charge is 0.339 e. The van der Waals surface area contributed by atoms with Crippen molar-refractivity contribution in [2.45, 2.75) is 22.5 Å². The Morgan fingerprint density at radius 2 is 1.51 bits per heavy atom. The summed E-state index contributed by atoms with van der Waals surface area (Å²) >= 11 is 19.6. The highest BCUT2D eigenvalue weighted by molar-refractivity contribution is 9.12. The van der Waals surface area contributed by atoms with Gasteiger partial charge in [0.25, 0.3) is 0 Å². The summed E-state index contributed by atoms with van der Waals surface area (Å²) in [5.74, 6) is -2.17. The van der Waals surface area contributed by atoms with Crippen LogP contribution in [0.5, 0.6) is 0 Å². The maximum atomic E-state index is 13.3. The molecule has 4 aromatic rings. The van der Waals surface area contributed by atoms with Crippen LogP contribution < -0.4 is 4.90 Å². The molecule has 1 saturated carbocycles. The molecule has 1 saturated heterocycles. The van der Waals surface area contributed by atoms with Gasteiger partial charge in [-0.05, 0) is 61.4 Å². The van der Waals surface area contributed by atoms with Gasteiger partial charge in [-0.15, -0.1) is 0 Å². The average Bonchev–Trinajstić information content (AvgIpc) is 3.24. The summed E-state index contributed by atoms with van der Waals surface area (Å²) in [5.41, 5.74) is 2.50. The number of amides is 2. The van der Waals surface area contributed by atoms with Crippen LogP contribution in [0.2, 0.25) is 10.0 Å². The zero-order chi connectivity index (χ0) is 30.4. The average molecular weight is 745 g/mol. The van der Waals surface area contributed by atoms with Crippen LogP contribution in [0.1, 0.15) is 33.6 Å². The number of alkyl halides is 2. The molecule has 11 heteroatoms. The van der Waals surface area contributed by atoms with E-state index in [1.807, 2.05) is 0 Å². The van der Waals surface area contributed by atoms with Crippen molar-refractivity contribution in [3.05, 3.63) is 94.0 Å². The number of pyridine rings is 1. The van der Waals surface area contributed by atoms with Crippen molar-refractivity contribution in [2.24, 2.45) is 11.8 Å². The molecule has 0 N–H and O–H groups in total. The van der Waals surface area contributed by atoms with Crippen LogP contribution in [0.4, 0.5) is 5.69 Å². The number of rotatable bonds is 6. The predicted molar refractivity (Wildman–Crippen MR) is 172 cm³/mol. The topological polar surface area (TPSA) is 93.6 Å². The number of halogens is 4. The number of fused-ring (bicyclic) bond motifs is 2. The summed E-state index contributed by atoms with van der Waals surface area (Å²) in [6.07, 6.45) is 1.18. The number of hydrogen-bond donors (Lipinski definition) is 0. The van der Waals surface area contributed by atoms with E-state index in [0.717, 1.165) is 0 Å². The van der Waals surface area contributed by atoms with Crippen LogP contribution in [0.25, 0.3) is 22.2 Å². The molecule has 1 aliphatic carbocycles. The molecule has 4 unspecified atom stereocenters. The van der Waals surface area contributed by atoms with Crippen LogP contribution in [0, 0.1) is 11.8 Å². The van der Waals surface area contributed by atoms with Gasteiger partial charge in [0.05, 0.1) is 39.3 Å². The second-order valence-corrected chi connectivity index (χ2v) is 13.7. The lowest BCUT2D eigenvalue weighted by Crippen LogP contribution is -2.34. The van der Waals surface area contributed by atoms with E-state index in [9.17, 15) is 19.2 Å². The number of nitrogens with zero attached hydrogens (tertiary/aromatic N) is 2. The molecule has 6 rings (SSSR count). The first-order chi connectivity index (χ1) is 20.6. The summed E-state index contributed by atoms with van der Waals surface area (Å²) in [6.45, 7) is -0.458. The monoisotopic (exact) mass is 742 g/mol. The minimum Gasteiger partial charge on any atom is -0.454 e. The minimum absolute atomic E-state index is 0.120. The third kappa shape index (κ3) is 5.76. The molecule has 2 heterocycles. The summed E-state index contributed by atoms with van der Waals surface area (Å²) in [4.78, 5) is 58.5. The number of ether oxygens (including phenoxy) is 1. The first kappa shape index (κ1) is 29.9. The van der Waals surface area contributed by atoms with Gasteiger partial charge in [0.2, 0.25) is 11.8 Å². The number of anilines is 1. The Bertz CT molecular complexity index is 1750. The van der Waals surface area contributed by atoms with Crippen molar-refractivity contribution in [1.29, 1.82) is 0 Å². The Labute approximate surface area is 273 Å². The first-order valence-corrected chi connectivity index (χ1v) is 16.0. The number of benzene rings is 3. The lowest BCUT2D eigenvalue weighted by Gasteiger charge is -2.29. The Morgan fingerprint density at radius 3 is 2.14 bits per heavy atom. The normalized spacial score (nSPS) is 21.6. The van der Waals surface area contributed by atoms with Gasteiger partial charge in [0, 0.05) is 31.2 Å². The summed E-state index contributed by atoms with van der Waals surface area (Å²) in [5, 5.41) is 1.31. The van der Waals surface area contributed by atoms with Crippen molar-refractivity contribution >= 4 is 95.2 Å². The maximum absolute atomic E-state index is 13.3. The second kappa shape index (κ2) is 12.1. The molecule has 2 aliphatic rings. The molecule has 43 heavy (non-hydrogen) atoms. The van der Waals surface area contributed by atoms with Crippen LogP contribution >= 0.6 is 55.1 Å². The van der Waals surface area contributed by atoms with Crippen LogP contribution in [0.3, 0.4) is 0 Å². The summed E-state index contributed by atoms with van der Waals surface area (Å²) in [6, 6.07) is 19.8. The van der Waals surface area contributed by atoms with E-state index in [1.54, 1.807) is 72.8 Å². The molecule has 1 aliphatic heterocycles. The van der Waals surface area contributed by atoms with Gasteiger partial charge < -0.3 is 4.74 Å². The van der Waals surface area contributed by atoms with E-state index in [0.29, 0.717) is 56.3 Å². The van der Waals surface area contributed by atoms with Gasteiger partial charge in [0.1, 0.15) is 0 Å². The van der Waals surface area contributed by atoms with Crippen molar-refractivity contribution in [3.63, 3.8) is 0 Å². The van der Waals surface area contributed by atoms with Crippen molar-refractivity contribution < 1.29 is 23.9 Å². The fourth-order valence-electron chi connectivity index (χ4n) is 5.59. The summed E-state index contributed by atoms with van der Waals surface area (Å²) < 4.78 is 5.40. The number of hydrogen-bond acceptors (Lipinski definition) is 6. The number of esters is 1. The van der Waals surface area contributed by atoms with Gasteiger partial charge >= 0.3 is 5.97 Å². The molecule has 1 aromatic heterocycles. The highest BCUT2D eigenvalue weighted by Gasteiger charge is 2.52. The first-order valence-electron chi connectivity index (χ1n) is 13.4. The lowest BCUT2D eigenvalue weighted by molar-refractivity contribution is -0.122. The molecular formula is C32H22Br2Cl2N2O5. The number of carbonyl (C=O) groups is 4. The van der Waals surface area contributed by atoms with Crippen LogP contribution in [-0.2, 0) is 14.3 Å². The van der Waals surface area contributed by atoms with Crippen molar-refractivity contribution in [2.75, 3.05) is 11.5 Å². The van der Waals surface area contributed by atoms with Crippen LogP contribution in [-0.4, -0.2) is 44.8 Å². The van der Waals surface area contributed by atoms with E-state index in [4.69, 9.17) is 32.9 Å². The van der Waals surface area contributed by atoms with Gasteiger partial charge in [0.15, 0.2) is 12.4 Å². The van der Waals surface area contributed by atoms with Gasteiger partial charge in [-0.1, -0.05) is 79.3 Å². The fourth-order valence-corrected chi connectivity index (χ4v) is 7.17. The van der Waals surface area contributed by atoms with Gasteiger partial charge in [-0.3, -0.25) is 19.3 Å². The van der Waals surface area contributed by atoms with Gasteiger partial charge in [-0.2, -0.15) is 0 Å². The lowest BCUT2D eigenvalue weighted by atomic mass is 9.81. The van der Waals surface area contributed by atoms with E-state index in [-0.39, 0.29) is 44.7 Å². The third-order valence-corrected chi connectivity index (χ3v) is 11.1. The molecular weight excluding hydrogens is 723 g/mol. The molecule has 0 spiro atoms. The Morgan fingerprint density at radius 1 is 0.884 bits per heavy atom. The SMILES string of the molecule is O=C(COC(=O)c1cc(-c2ccc(N3C(=O)C4CC(Br)C(Br)CC4C3=O)cc2)nc2c(Cl)cccc12)c1ccc(Cl)cc1. The molecule has 2 amide bonds. The number of Topliss-reactive ketones (excluding diaryl/α,β-unsaturated/α-hetero) is 1. The predicted octanol–water partition coefficient (Wildman–Crippen LogP) is 7.67. The van der Waals surface area contributed by atoms with Gasteiger partial charge in [-0.25, -0.2) is 9.78 Å². The number of imide groups is 1. The van der Waals surface area contributed by atoms with E-state index < -0.39 is 12.6 Å². The van der Waals surface area contributed by atoms with Crippen LogP contribution in [0.15, 0.2) is 72.8 Å². The fraction of sp³-hybridized carbons (Fsp3) is 0.219. The zero-order valence-electron chi connectivity index (χ0n) is 22.3. The van der Waals surface area contributed by atoms with Crippen molar-refractivity contribution in [3.8, 4) is 11.3 Å². The Kier molecular flexibility index (Phi) is 8.43. The highest BCUT2D eigenvalue weighted by atomic mass is 79.9. The number of aromatic nitrogens is 1. The van der Waals surface area contributed by atoms with E-state index in [2.05, 4.69) is 31.9 Å². The molecule has 2 fully saturated rings. The third-order valence-electron chi connectivity index (χ3n) is 7.84. The van der Waals surface area contributed by atoms with Crippen molar-refractivity contribution in [1.82, 2.24) is 4.98 Å². The zero-order valence-corrected chi connectivity index (χ0v) is 27.0. The highest BCUT2D eigenvalue weighted by Crippen LogP contribution is 2.44. The number of ketones is 1. The Hall–Kier alpha value is -3.11. The summed E-state index contributed by atoms with van der Waals surface area (Å²) in [7, 11) is 0. The molecule has 7 nitrogen and oxygen atoms in total. The number of carbonyl (C=O) groups excluding carboxylic acids is 4. The maximum Gasteiger partial charge on any atom is 0.339 e. The minimum atomic E-state index is -0.707. The molecule has 0 bridgehead atoms. The van der Waals surface area contributed by atoms with E-state index >= 15 is 0 Å². The van der Waals surface area contributed by atoms with E-state index in [1.165, 1.54) is 4.90 Å². The molecule has 3 aromatic carbocycles. The second-order valence-electron chi connectivity index (χ2n) is 10.5. The molecule has 0 radical (unpaired) electrons. The molecule has 4 atom stereocenters. The largest absolute Gasteiger partial charge is 0.454 e. The number of para-hydroxylation sites is 1. The Balaban J connectivity index is 1.28. The quantitative estimate of drug-likeness (QED) is 0.0871. The molecule has 218 valence electrons.